The first-order chi connectivity index (χ1) is 7.64. The van der Waals surface area contributed by atoms with Crippen LogP contribution in [0.3, 0.4) is 0 Å². The molecule has 0 aromatic heterocycles. The summed E-state index contributed by atoms with van der Waals surface area (Å²) in [7, 11) is 1.86. The molecule has 1 saturated heterocycles. The minimum Gasteiger partial charge on any atom is -0.344 e. The van der Waals surface area contributed by atoms with Crippen LogP contribution in [0, 0.1) is 5.82 Å². The van der Waals surface area contributed by atoms with E-state index in [0.29, 0.717) is 18.8 Å². The van der Waals surface area contributed by atoms with Crippen molar-refractivity contribution in [2.24, 2.45) is 0 Å². The lowest BCUT2D eigenvalue weighted by Gasteiger charge is -2.37. The summed E-state index contributed by atoms with van der Waals surface area (Å²) in [6.45, 7) is 2.93. The first kappa shape index (κ1) is 11.5. The monoisotopic (exact) mass is 225 g/mol. The van der Waals surface area contributed by atoms with Gasteiger partial charge in [-0.3, -0.25) is 0 Å². The fraction of sp³-hybridized carbons (Fsp3) is 0.500. The molecule has 0 radical (unpaired) electrons. The molecule has 4 heteroatoms. The summed E-state index contributed by atoms with van der Waals surface area (Å²) < 4.78 is 24.4. The second-order valence-electron chi connectivity index (χ2n) is 4.06. The Balaban J connectivity index is 2.15. The maximum Gasteiger partial charge on any atom is 0.192 e. The molecule has 3 nitrogen and oxygen atoms in total. The van der Waals surface area contributed by atoms with Gasteiger partial charge >= 0.3 is 0 Å². The van der Waals surface area contributed by atoms with E-state index in [2.05, 4.69) is 5.32 Å². The van der Waals surface area contributed by atoms with E-state index in [1.165, 1.54) is 12.1 Å². The Morgan fingerprint density at radius 2 is 2.06 bits per heavy atom. The highest BCUT2D eigenvalue weighted by Gasteiger charge is 2.34. The van der Waals surface area contributed by atoms with Crippen molar-refractivity contribution in [3.63, 3.8) is 0 Å². The second-order valence-corrected chi connectivity index (χ2v) is 4.06. The molecule has 0 atom stereocenters. The van der Waals surface area contributed by atoms with Gasteiger partial charge in [-0.2, -0.15) is 0 Å². The second kappa shape index (κ2) is 4.49. The van der Waals surface area contributed by atoms with Gasteiger partial charge in [-0.05, 0) is 26.1 Å². The Hall–Kier alpha value is -0.970. The molecule has 0 saturated carbocycles. The summed E-state index contributed by atoms with van der Waals surface area (Å²) in [4.78, 5) is 0. The van der Waals surface area contributed by atoms with E-state index in [1.807, 2.05) is 20.0 Å². The van der Waals surface area contributed by atoms with Crippen molar-refractivity contribution in [3.8, 4) is 0 Å². The number of ether oxygens (including phenoxy) is 2. The van der Waals surface area contributed by atoms with Gasteiger partial charge in [-0.1, -0.05) is 12.1 Å². The highest BCUT2D eigenvalue weighted by atomic mass is 19.1. The summed E-state index contributed by atoms with van der Waals surface area (Å²) in [5.74, 6) is -1.11. The molecular weight excluding hydrogens is 209 g/mol. The Kier molecular flexibility index (Phi) is 3.23. The van der Waals surface area contributed by atoms with Crippen LogP contribution in [0.2, 0.25) is 0 Å². The van der Waals surface area contributed by atoms with Gasteiger partial charge in [0.15, 0.2) is 5.79 Å². The van der Waals surface area contributed by atoms with Gasteiger partial charge in [0.2, 0.25) is 0 Å². The average molecular weight is 225 g/mol. The largest absolute Gasteiger partial charge is 0.344 e. The SMILES string of the molecule is CNC1COC(C)(c2cccc(F)c2)OC1. The lowest BCUT2D eigenvalue weighted by Crippen LogP contribution is -2.47. The van der Waals surface area contributed by atoms with Crippen LogP contribution in [0.15, 0.2) is 24.3 Å². The zero-order valence-electron chi connectivity index (χ0n) is 9.50. The predicted molar refractivity (Wildman–Crippen MR) is 58.5 cm³/mol. The Morgan fingerprint density at radius 1 is 1.38 bits per heavy atom. The normalized spacial score (nSPS) is 30.3. The zero-order chi connectivity index (χ0) is 11.6. The fourth-order valence-electron chi connectivity index (χ4n) is 1.71. The molecule has 1 N–H and O–H groups in total. The van der Waals surface area contributed by atoms with Crippen LogP contribution in [0.1, 0.15) is 12.5 Å². The molecule has 2 rings (SSSR count). The van der Waals surface area contributed by atoms with Crippen molar-refractivity contribution >= 4 is 0 Å². The number of benzene rings is 1. The van der Waals surface area contributed by atoms with Crippen molar-refractivity contribution in [2.45, 2.75) is 18.8 Å². The third kappa shape index (κ3) is 2.24. The van der Waals surface area contributed by atoms with Crippen molar-refractivity contribution in [2.75, 3.05) is 20.3 Å². The summed E-state index contributed by atoms with van der Waals surface area (Å²) in [5, 5.41) is 3.08. The zero-order valence-corrected chi connectivity index (χ0v) is 9.50. The molecule has 0 bridgehead atoms. The van der Waals surface area contributed by atoms with Crippen LogP contribution >= 0.6 is 0 Å². The third-order valence-corrected chi connectivity index (χ3v) is 2.88. The summed E-state index contributed by atoms with van der Waals surface area (Å²) >= 11 is 0. The average Bonchev–Trinajstić information content (AvgIpc) is 2.30. The molecule has 0 spiro atoms. The molecule has 0 amide bonds. The standard InChI is InChI=1S/C12H16FNO2/c1-12(9-4-3-5-10(13)6-9)15-7-11(14-2)8-16-12/h3-6,11,14H,7-8H2,1-2H3. The molecule has 1 aromatic rings. The number of hydrogen-bond donors (Lipinski definition) is 1. The van der Waals surface area contributed by atoms with Crippen LogP contribution < -0.4 is 5.32 Å². The van der Waals surface area contributed by atoms with Crippen molar-refractivity contribution in [1.82, 2.24) is 5.32 Å². The molecule has 0 aliphatic carbocycles. The van der Waals surface area contributed by atoms with Crippen molar-refractivity contribution in [3.05, 3.63) is 35.6 Å². The molecule has 1 fully saturated rings. The van der Waals surface area contributed by atoms with Gasteiger partial charge in [0.05, 0.1) is 19.3 Å². The van der Waals surface area contributed by atoms with E-state index in [9.17, 15) is 4.39 Å². The highest BCUT2D eigenvalue weighted by molar-refractivity contribution is 5.21. The van der Waals surface area contributed by atoms with Gasteiger partial charge in [0, 0.05) is 5.56 Å². The third-order valence-electron chi connectivity index (χ3n) is 2.88. The highest BCUT2D eigenvalue weighted by Crippen LogP contribution is 2.30. The van der Waals surface area contributed by atoms with Gasteiger partial charge in [-0.25, -0.2) is 4.39 Å². The van der Waals surface area contributed by atoms with E-state index in [1.54, 1.807) is 6.07 Å². The van der Waals surface area contributed by atoms with E-state index in [-0.39, 0.29) is 11.9 Å². The van der Waals surface area contributed by atoms with E-state index >= 15 is 0 Å². The van der Waals surface area contributed by atoms with Crippen LogP contribution in [0.5, 0.6) is 0 Å². The topological polar surface area (TPSA) is 30.5 Å². The first-order valence-corrected chi connectivity index (χ1v) is 5.35. The minimum absolute atomic E-state index is 0.196. The van der Waals surface area contributed by atoms with E-state index < -0.39 is 5.79 Å². The van der Waals surface area contributed by atoms with Gasteiger partial charge in [-0.15, -0.1) is 0 Å². The maximum atomic E-state index is 13.1. The molecule has 1 aromatic carbocycles. The molecule has 1 heterocycles. The number of halogens is 1. The lowest BCUT2D eigenvalue weighted by molar-refractivity contribution is -0.272. The quantitative estimate of drug-likeness (QED) is 0.830. The predicted octanol–water partition coefficient (Wildman–Crippen LogP) is 1.63. The number of likely N-dealkylation sites (N-methyl/N-ethyl adjacent to an activating group) is 1. The molecule has 1 aliphatic rings. The number of rotatable bonds is 2. The van der Waals surface area contributed by atoms with Crippen LogP contribution in [0.4, 0.5) is 4.39 Å². The Morgan fingerprint density at radius 3 is 2.62 bits per heavy atom. The smallest absolute Gasteiger partial charge is 0.192 e. The van der Waals surface area contributed by atoms with Gasteiger partial charge < -0.3 is 14.8 Å². The van der Waals surface area contributed by atoms with Gasteiger partial charge in [0.25, 0.3) is 0 Å². The van der Waals surface area contributed by atoms with Crippen LogP contribution in [-0.4, -0.2) is 26.3 Å². The minimum atomic E-state index is -0.838. The first-order valence-electron chi connectivity index (χ1n) is 5.35. The molecule has 0 unspecified atom stereocenters. The summed E-state index contributed by atoms with van der Waals surface area (Å²) in [6.07, 6.45) is 0. The maximum absolute atomic E-state index is 13.1. The molecular formula is C12H16FNO2. The van der Waals surface area contributed by atoms with E-state index in [4.69, 9.17) is 9.47 Å². The molecule has 88 valence electrons. The van der Waals surface area contributed by atoms with Crippen molar-refractivity contribution in [1.29, 1.82) is 0 Å². The fourth-order valence-corrected chi connectivity index (χ4v) is 1.71. The molecule has 1 aliphatic heterocycles. The van der Waals surface area contributed by atoms with Crippen molar-refractivity contribution < 1.29 is 13.9 Å². The van der Waals surface area contributed by atoms with Crippen LogP contribution in [0.25, 0.3) is 0 Å². The summed E-state index contributed by atoms with van der Waals surface area (Å²) in [6, 6.07) is 6.52. The van der Waals surface area contributed by atoms with Crippen LogP contribution in [-0.2, 0) is 15.3 Å². The Labute approximate surface area is 94.6 Å². The molecule has 16 heavy (non-hydrogen) atoms. The lowest BCUT2D eigenvalue weighted by atomic mass is 10.1. The van der Waals surface area contributed by atoms with Gasteiger partial charge in [0.1, 0.15) is 5.82 Å². The van der Waals surface area contributed by atoms with E-state index in [0.717, 1.165) is 0 Å². The summed E-state index contributed by atoms with van der Waals surface area (Å²) in [5.41, 5.74) is 0.710. The number of nitrogens with one attached hydrogen (secondary N) is 1. The number of hydrogen-bond acceptors (Lipinski definition) is 3. The Bertz CT molecular complexity index is 362.